The summed E-state index contributed by atoms with van der Waals surface area (Å²) in [5.41, 5.74) is 0.233. The number of aromatic carboxylic acids is 1. The Morgan fingerprint density at radius 2 is 1.89 bits per heavy atom. The fourth-order valence-electron chi connectivity index (χ4n) is 1.84. The molecule has 0 amide bonds. The molecule has 0 atom stereocenters. The molecule has 4 heteroatoms. The van der Waals surface area contributed by atoms with E-state index in [4.69, 9.17) is 9.84 Å². The second kappa shape index (κ2) is 8.86. The second-order valence-corrected chi connectivity index (χ2v) is 5.09. The topological polar surface area (TPSA) is 46.5 Å². The molecule has 19 heavy (non-hydrogen) atoms. The summed E-state index contributed by atoms with van der Waals surface area (Å²) < 4.78 is 5.61. The lowest BCUT2D eigenvalue weighted by molar-refractivity contribution is 0.0696. The molecule has 1 N–H and O–H groups in total. The van der Waals surface area contributed by atoms with Gasteiger partial charge < -0.3 is 9.84 Å². The third-order valence-corrected chi connectivity index (χ3v) is 3.31. The van der Waals surface area contributed by atoms with E-state index in [-0.39, 0.29) is 5.56 Å². The molecule has 0 aliphatic carbocycles. The Balaban J connectivity index is 2.28. The highest BCUT2D eigenvalue weighted by Crippen LogP contribution is 2.24. The molecule has 106 valence electrons. The summed E-state index contributed by atoms with van der Waals surface area (Å²) in [6.45, 7) is 2.87. The standard InChI is InChI=1S/C15H22O3S/c1-2-3-4-5-6-7-10-18-13-9-8-12(15(16)17)11-14(13)19/h8-9,11,19H,2-7,10H2,1H3,(H,16,17). The van der Waals surface area contributed by atoms with Crippen LogP contribution in [-0.4, -0.2) is 17.7 Å². The van der Waals surface area contributed by atoms with Gasteiger partial charge in [0.2, 0.25) is 0 Å². The maximum atomic E-state index is 10.8. The first kappa shape index (κ1) is 15.9. The zero-order chi connectivity index (χ0) is 14.1. The van der Waals surface area contributed by atoms with Gasteiger partial charge in [-0.15, -0.1) is 12.6 Å². The van der Waals surface area contributed by atoms with Gasteiger partial charge in [0.05, 0.1) is 12.2 Å². The summed E-state index contributed by atoms with van der Waals surface area (Å²) >= 11 is 4.25. The van der Waals surface area contributed by atoms with Gasteiger partial charge in [-0.1, -0.05) is 39.0 Å². The van der Waals surface area contributed by atoms with Crippen LogP contribution in [0, 0.1) is 0 Å². The van der Waals surface area contributed by atoms with Crippen molar-refractivity contribution in [3.8, 4) is 5.75 Å². The van der Waals surface area contributed by atoms with Crippen molar-refractivity contribution in [3.63, 3.8) is 0 Å². The van der Waals surface area contributed by atoms with Crippen LogP contribution in [0.4, 0.5) is 0 Å². The van der Waals surface area contributed by atoms with E-state index < -0.39 is 5.97 Å². The molecule has 0 aliphatic heterocycles. The number of carbonyl (C=O) groups is 1. The normalized spacial score (nSPS) is 10.4. The van der Waals surface area contributed by atoms with E-state index in [1.54, 1.807) is 12.1 Å². The van der Waals surface area contributed by atoms with Crippen LogP contribution in [0.3, 0.4) is 0 Å². The van der Waals surface area contributed by atoms with Crippen molar-refractivity contribution in [1.29, 1.82) is 0 Å². The molecule has 0 aliphatic rings. The molecule has 0 bridgehead atoms. The van der Waals surface area contributed by atoms with E-state index in [1.807, 2.05) is 0 Å². The number of carboxylic acids is 1. The summed E-state index contributed by atoms with van der Waals surface area (Å²) in [6.07, 6.45) is 7.31. The van der Waals surface area contributed by atoms with E-state index in [1.165, 1.54) is 38.2 Å². The van der Waals surface area contributed by atoms with E-state index in [9.17, 15) is 4.79 Å². The molecule has 3 nitrogen and oxygen atoms in total. The van der Waals surface area contributed by atoms with E-state index in [0.717, 1.165) is 6.42 Å². The Hall–Kier alpha value is -1.16. The molecular weight excluding hydrogens is 260 g/mol. The van der Waals surface area contributed by atoms with Crippen molar-refractivity contribution in [2.24, 2.45) is 0 Å². The van der Waals surface area contributed by atoms with Crippen LogP contribution < -0.4 is 4.74 Å². The Kier molecular flexibility index (Phi) is 7.41. The first-order valence-corrected chi connectivity index (χ1v) is 7.29. The lowest BCUT2D eigenvalue weighted by atomic mass is 10.1. The van der Waals surface area contributed by atoms with Crippen molar-refractivity contribution in [2.45, 2.75) is 50.3 Å². The van der Waals surface area contributed by atoms with Crippen molar-refractivity contribution in [1.82, 2.24) is 0 Å². The summed E-state index contributed by atoms with van der Waals surface area (Å²) in [6, 6.07) is 4.73. The molecule has 0 radical (unpaired) electrons. The maximum Gasteiger partial charge on any atom is 0.335 e. The Morgan fingerprint density at radius 3 is 2.53 bits per heavy atom. The predicted octanol–water partition coefficient (Wildman–Crippen LogP) is 4.41. The highest BCUT2D eigenvalue weighted by atomic mass is 32.1. The van der Waals surface area contributed by atoms with Gasteiger partial charge in [-0.3, -0.25) is 0 Å². The van der Waals surface area contributed by atoms with Crippen LogP contribution in [0.2, 0.25) is 0 Å². The highest BCUT2D eigenvalue weighted by molar-refractivity contribution is 7.80. The summed E-state index contributed by atoms with van der Waals surface area (Å²) in [5, 5.41) is 8.84. The summed E-state index contributed by atoms with van der Waals surface area (Å²) in [7, 11) is 0. The van der Waals surface area contributed by atoms with Gasteiger partial charge in [0, 0.05) is 4.90 Å². The molecule has 0 spiro atoms. The monoisotopic (exact) mass is 282 g/mol. The van der Waals surface area contributed by atoms with E-state index >= 15 is 0 Å². The smallest absolute Gasteiger partial charge is 0.335 e. The molecular formula is C15H22O3S. The molecule has 0 fully saturated rings. The number of carboxylic acid groups (broad SMARTS) is 1. The van der Waals surface area contributed by atoms with Crippen LogP contribution in [-0.2, 0) is 0 Å². The fourth-order valence-corrected chi connectivity index (χ4v) is 2.12. The van der Waals surface area contributed by atoms with Crippen LogP contribution in [0.5, 0.6) is 5.75 Å². The van der Waals surface area contributed by atoms with Gasteiger partial charge in [-0.05, 0) is 24.6 Å². The van der Waals surface area contributed by atoms with Crippen molar-refractivity contribution in [3.05, 3.63) is 23.8 Å². The number of benzene rings is 1. The van der Waals surface area contributed by atoms with Gasteiger partial charge in [0.15, 0.2) is 0 Å². The zero-order valence-electron chi connectivity index (χ0n) is 11.4. The van der Waals surface area contributed by atoms with Gasteiger partial charge >= 0.3 is 5.97 Å². The minimum Gasteiger partial charge on any atom is -0.492 e. The minimum atomic E-state index is -0.947. The quantitative estimate of drug-likeness (QED) is 0.521. The molecule has 0 saturated heterocycles. The first-order chi connectivity index (χ1) is 9.15. The average Bonchev–Trinajstić information content (AvgIpc) is 2.39. The lowest BCUT2D eigenvalue weighted by Crippen LogP contribution is -2.00. The van der Waals surface area contributed by atoms with Crippen LogP contribution in [0.25, 0.3) is 0 Å². The van der Waals surface area contributed by atoms with Crippen molar-refractivity contribution in [2.75, 3.05) is 6.61 Å². The second-order valence-electron chi connectivity index (χ2n) is 4.60. The largest absolute Gasteiger partial charge is 0.492 e. The molecule has 0 aromatic heterocycles. The maximum absolute atomic E-state index is 10.8. The van der Waals surface area contributed by atoms with Crippen molar-refractivity contribution >= 4 is 18.6 Å². The molecule has 0 heterocycles. The first-order valence-electron chi connectivity index (χ1n) is 6.84. The van der Waals surface area contributed by atoms with E-state index in [2.05, 4.69) is 19.6 Å². The van der Waals surface area contributed by atoms with Gasteiger partial charge in [0.25, 0.3) is 0 Å². The Labute approximate surface area is 120 Å². The number of unbranched alkanes of at least 4 members (excludes halogenated alkanes) is 5. The summed E-state index contributed by atoms with van der Waals surface area (Å²) in [5.74, 6) is -0.292. The van der Waals surface area contributed by atoms with E-state index in [0.29, 0.717) is 17.3 Å². The third-order valence-electron chi connectivity index (χ3n) is 2.96. The average molecular weight is 282 g/mol. The van der Waals surface area contributed by atoms with Gasteiger partial charge in [0.1, 0.15) is 5.75 Å². The Morgan fingerprint density at radius 1 is 1.21 bits per heavy atom. The molecule has 1 aromatic rings. The number of ether oxygens (including phenoxy) is 1. The SMILES string of the molecule is CCCCCCCCOc1ccc(C(=O)O)cc1S. The zero-order valence-corrected chi connectivity index (χ0v) is 12.3. The van der Waals surface area contributed by atoms with Crippen LogP contribution >= 0.6 is 12.6 Å². The predicted molar refractivity (Wildman–Crippen MR) is 79.5 cm³/mol. The third kappa shape index (κ3) is 6.01. The number of hydrogen-bond acceptors (Lipinski definition) is 3. The summed E-state index contributed by atoms with van der Waals surface area (Å²) in [4.78, 5) is 11.4. The van der Waals surface area contributed by atoms with Gasteiger partial charge in [-0.2, -0.15) is 0 Å². The molecule has 0 unspecified atom stereocenters. The molecule has 0 saturated carbocycles. The van der Waals surface area contributed by atoms with Crippen molar-refractivity contribution < 1.29 is 14.6 Å². The molecule has 1 rings (SSSR count). The lowest BCUT2D eigenvalue weighted by Gasteiger charge is -2.09. The Bertz CT molecular complexity index is 404. The van der Waals surface area contributed by atoms with Crippen LogP contribution in [0.15, 0.2) is 23.1 Å². The van der Waals surface area contributed by atoms with Gasteiger partial charge in [-0.25, -0.2) is 4.79 Å². The number of rotatable bonds is 9. The van der Waals surface area contributed by atoms with Crippen LogP contribution in [0.1, 0.15) is 55.8 Å². The fraction of sp³-hybridized carbons (Fsp3) is 0.533. The number of hydrogen-bond donors (Lipinski definition) is 2. The molecule has 1 aromatic carbocycles. The number of thiol groups is 1. The highest BCUT2D eigenvalue weighted by Gasteiger charge is 2.06. The minimum absolute atomic E-state index is 0.233.